The molecule has 63 heavy (non-hydrogen) atoms. The van der Waals surface area contributed by atoms with E-state index in [9.17, 15) is 28.8 Å². The predicted octanol–water partition coefficient (Wildman–Crippen LogP) is 13.5. The van der Waals surface area contributed by atoms with Crippen LogP contribution in [0.3, 0.4) is 0 Å². The Hall–Kier alpha value is -3.18. The van der Waals surface area contributed by atoms with E-state index in [2.05, 4.69) is 13.8 Å². The Morgan fingerprint density at radius 2 is 0.794 bits per heavy atom. The van der Waals surface area contributed by atoms with Crippen molar-refractivity contribution in [2.75, 3.05) is 19.8 Å². The van der Waals surface area contributed by atoms with Crippen LogP contribution >= 0.6 is 0 Å². The normalized spacial score (nSPS) is 16.9. The van der Waals surface area contributed by atoms with Gasteiger partial charge in [0.05, 0.1) is 36.5 Å². The second-order valence-corrected chi connectivity index (χ2v) is 17.1. The molecular weight excluding hydrogens is 805 g/mol. The van der Waals surface area contributed by atoms with Crippen LogP contribution < -0.4 is 0 Å². The number of carbonyl (C=O) groups excluding carboxylic acids is 6. The molecule has 12 heteroatoms. The third-order valence-corrected chi connectivity index (χ3v) is 12.1. The Balaban J connectivity index is -0.000000185. The summed E-state index contributed by atoms with van der Waals surface area (Å²) in [6.07, 6.45) is 16.9. The van der Waals surface area contributed by atoms with Gasteiger partial charge < -0.3 is 28.4 Å². The highest BCUT2D eigenvalue weighted by Gasteiger charge is 2.37. The smallest absolute Gasteiger partial charge is 0.311 e. The fraction of sp³-hybridized carbons (Fsp3) is 0.882. The molecule has 0 aliphatic heterocycles. The fourth-order valence-corrected chi connectivity index (χ4v) is 6.88. The molecular formula is C51H102O12. The van der Waals surface area contributed by atoms with Crippen molar-refractivity contribution in [3.05, 3.63) is 0 Å². The van der Waals surface area contributed by atoms with E-state index in [0.717, 1.165) is 109 Å². The first-order valence-corrected chi connectivity index (χ1v) is 22.0. The van der Waals surface area contributed by atoms with E-state index in [1.807, 2.05) is 55.4 Å². The highest BCUT2D eigenvalue weighted by atomic mass is 16.6. The van der Waals surface area contributed by atoms with Gasteiger partial charge in [-0.3, -0.25) is 28.8 Å². The lowest BCUT2D eigenvalue weighted by Gasteiger charge is -2.27. The van der Waals surface area contributed by atoms with Crippen molar-refractivity contribution in [1.29, 1.82) is 0 Å². The second-order valence-electron chi connectivity index (χ2n) is 17.1. The minimum Gasteiger partial charge on any atom is -0.465 e. The second kappa shape index (κ2) is 36.1. The molecule has 378 valence electrons. The number of hydrogen-bond donors (Lipinski definition) is 0. The molecule has 12 nitrogen and oxygen atoms in total. The molecule has 0 saturated heterocycles. The highest BCUT2D eigenvalue weighted by molar-refractivity contribution is 5.77. The third kappa shape index (κ3) is 27.0. The number of esters is 6. The Morgan fingerprint density at radius 3 is 1.10 bits per heavy atom. The van der Waals surface area contributed by atoms with E-state index in [0.29, 0.717) is 0 Å². The van der Waals surface area contributed by atoms with Crippen molar-refractivity contribution in [1.82, 2.24) is 0 Å². The SMILES string of the molecule is C.C.C.C.C.C.CCC(C)C(=O)OCCC(=O)OC1(C)CCCC1.CCC(C)C(=O)OCCC(=O)OC1(CC)CCCC1.CCC1(OC(=O)CCOC(=O)C(C)(C)CC)CCCC1. The molecule has 0 radical (unpaired) electrons. The molecule has 0 bridgehead atoms. The largest absolute Gasteiger partial charge is 0.465 e. The van der Waals surface area contributed by atoms with Gasteiger partial charge in [0.25, 0.3) is 0 Å². The van der Waals surface area contributed by atoms with Crippen LogP contribution in [-0.2, 0) is 57.2 Å². The molecule has 3 aliphatic carbocycles. The molecule has 0 aromatic carbocycles. The summed E-state index contributed by atoms with van der Waals surface area (Å²) in [7, 11) is 0. The van der Waals surface area contributed by atoms with Crippen LogP contribution in [0.15, 0.2) is 0 Å². The minimum absolute atomic E-state index is 0. The maximum atomic E-state index is 11.9. The third-order valence-electron chi connectivity index (χ3n) is 12.1. The molecule has 0 N–H and O–H groups in total. The van der Waals surface area contributed by atoms with Crippen molar-refractivity contribution >= 4 is 35.8 Å². The van der Waals surface area contributed by atoms with E-state index in [1.54, 1.807) is 0 Å². The number of ether oxygens (including phenoxy) is 6. The maximum Gasteiger partial charge on any atom is 0.311 e. The predicted molar refractivity (Wildman–Crippen MR) is 258 cm³/mol. The Morgan fingerprint density at radius 1 is 0.492 bits per heavy atom. The molecule has 0 heterocycles. The van der Waals surface area contributed by atoms with Gasteiger partial charge in [-0.15, -0.1) is 0 Å². The van der Waals surface area contributed by atoms with Crippen molar-refractivity contribution in [2.24, 2.45) is 17.3 Å². The zero-order valence-corrected chi connectivity index (χ0v) is 37.3. The average Bonchev–Trinajstić information content (AvgIpc) is 3.96. The van der Waals surface area contributed by atoms with Gasteiger partial charge >= 0.3 is 35.8 Å². The Labute approximate surface area is 388 Å². The van der Waals surface area contributed by atoms with Crippen molar-refractivity contribution in [2.45, 2.75) is 259 Å². The standard InChI is InChI=1S/C16H28O4.C15H26O4.C14H24O4.6CH4/c1-5-15(3,4)14(18)19-12-9-13(17)20-16(6-2)10-7-8-11-16;1-4-12(3)14(17)18-11-8-13(16)19-15(5-2)9-6-7-10-15;1-4-11(2)13(16)17-10-7-12(15)18-14(3)8-5-6-9-14;;;;;;/h5-12H2,1-4H3;12H,4-11H2,1-3H3;11H,4-10H2,1-3H3;6*1H4. The number of hydrogen-bond acceptors (Lipinski definition) is 12. The fourth-order valence-electron chi connectivity index (χ4n) is 6.88. The van der Waals surface area contributed by atoms with Crippen LogP contribution in [0.5, 0.6) is 0 Å². The van der Waals surface area contributed by atoms with Crippen LogP contribution in [-0.4, -0.2) is 72.4 Å². The maximum absolute atomic E-state index is 11.9. The van der Waals surface area contributed by atoms with Gasteiger partial charge in [0.2, 0.25) is 0 Å². The monoisotopic (exact) mass is 907 g/mol. The number of carbonyl (C=O) groups is 6. The summed E-state index contributed by atoms with van der Waals surface area (Å²) in [5, 5.41) is 0. The summed E-state index contributed by atoms with van der Waals surface area (Å²) >= 11 is 0. The summed E-state index contributed by atoms with van der Waals surface area (Å²) < 4.78 is 31.9. The van der Waals surface area contributed by atoms with Gasteiger partial charge in [0, 0.05) is 0 Å². The van der Waals surface area contributed by atoms with Gasteiger partial charge in [-0.05, 0) is 130 Å². The van der Waals surface area contributed by atoms with Gasteiger partial charge in [0.15, 0.2) is 0 Å². The van der Waals surface area contributed by atoms with E-state index in [-0.39, 0.29) is 148 Å². The summed E-state index contributed by atoms with van der Waals surface area (Å²) in [5.41, 5.74) is -1.29. The van der Waals surface area contributed by atoms with E-state index in [1.165, 1.54) is 0 Å². The first kappa shape index (κ1) is 71.5. The van der Waals surface area contributed by atoms with E-state index < -0.39 is 5.41 Å². The van der Waals surface area contributed by atoms with Crippen molar-refractivity contribution in [3.8, 4) is 0 Å². The van der Waals surface area contributed by atoms with Crippen LogP contribution in [0, 0.1) is 17.3 Å². The van der Waals surface area contributed by atoms with Crippen LogP contribution in [0.4, 0.5) is 0 Å². The zero-order valence-electron chi connectivity index (χ0n) is 37.3. The first-order valence-electron chi connectivity index (χ1n) is 22.0. The zero-order chi connectivity index (χ0) is 43.1. The van der Waals surface area contributed by atoms with Gasteiger partial charge in [0.1, 0.15) is 36.6 Å². The molecule has 0 aromatic heterocycles. The molecule has 2 unspecified atom stereocenters. The molecule has 0 aromatic rings. The lowest BCUT2D eigenvalue weighted by Crippen LogP contribution is -2.32. The van der Waals surface area contributed by atoms with E-state index >= 15 is 0 Å². The highest BCUT2D eigenvalue weighted by Crippen LogP contribution is 2.37. The molecule has 0 amide bonds. The molecule has 3 saturated carbocycles. The quantitative estimate of drug-likeness (QED) is 0.0842. The van der Waals surface area contributed by atoms with Gasteiger partial charge in [-0.2, -0.15) is 0 Å². The van der Waals surface area contributed by atoms with Gasteiger partial charge in [-0.1, -0.05) is 93.0 Å². The van der Waals surface area contributed by atoms with E-state index in [4.69, 9.17) is 28.4 Å². The Bertz CT molecular complexity index is 1240. The summed E-state index contributed by atoms with van der Waals surface area (Å²) in [4.78, 5) is 69.8. The van der Waals surface area contributed by atoms with Crippen molar-refractivity contribution in [3.63, 3.8) is 0 Å². The van der Waals surface area contributed by atoms with Crippen LogP contribution in [0.2, 0.25) is 0 Å². The summed E-state index contributed by atoms with van der Waals surface area (Å²) in [6.45, 7) is 19.6. The van der Waals surface area contributed by atoms with Crippen molar-refractivity contribution < 1.29 is 57.2 Å². The van der Waals surface area contributed by atoms with Crippen LogP contribution in [0.1, 0.15) is 242 Å². The first-order chi connectivity index (χ1) is 26.8. The molecule has 3 fully saturated rings. The Kier molecular flexibility index (Phi) is 40.9. The lowest BCUT2D eigenvalue weighted by atomic mass is 9.91. The average molecular weight is 907 g/mol. The molecule has 0 spiro atoms. The topological polar surface area (TPSA) is 158 Å². The van der Waals surface area contributed by atoms with Gasteiger partial charge in [-0.25, -0.2) is 0 Å². The summed E-state index contributed by atoms with van der Waals surface area (Å²) in [5.74, 6) is -1.70. The molecule has 3 aliphatic rings. The van der Waals surface area contributed by atoms with Crippen LogP contribution in [0.25, 0.3) is 0 Å². The lowest BCUT2D eigenvalue weighted by molar-refractivity contribution is -0.165. The molecule has 2 atom stereocenters. The number of rotatable bonds is 20. The minimum atomic E-state index is -0.486. The summed E-state index contributed by atoms with van der Waals surface area (Å²) in [6, 6.07) is 0. The molecule has 3 rings (SSSR count).